The Bertz CT molecular complexity index is 610. The minimum atomic E-state index is -0.0937. The van der Waals surface area contributed by atoms with Gasteiger partial charge in [0.2, 0.25) is 0 Å². The number of rotatable bonds is 4. The molecule has 0 spiro atoms. The maximum Gasteiger partial charge on any atom is 0.122 e. The zero-order chi connectivity index (χ0) is 14.7. The summed E-state index contributed by atoms with van der Waals surface area (Å²) in [5, 5.41) is 0.758. The quantitative estimate of drug-likeness (QED) is 0.915. The average Bonchev–Trinajstić information content (AvgIpc) is 2.42. The summed E-state index contributed by atoms with van der Waals surface area (Å²) in [5.41, 5.74) is 10.7. The molecule has 2 aromatic rings. The highest BCUT2D eigenvalue weighted by Crippen LogP contribution is 2.27. The maximum atomic E-state index is 6.31. The molecule has 2 nitrogen and oxygen atoms in total. The van der Waals surface area contributed by atoms with Gasteiger partial charge < -0.3 is 10.5 Å². The Morgan fingerprint density at radius 3 is 2.55 bits per heavy atom. The summed E-state index contributed by atoms with van der Waals surface area (Å²) < 4.78 is 5.40. The maximum absolute atomic E-state index is 6.31. The number of hydrogen-bond acceptors (Lipinski definition) is 2. The molecule has 0 radical (unpaired) electrons. The predicted molar refractivity (Wildman–Crippen MR) is 84.6 cm³/mol. The van der Waals surface area contributed by atoms with Crippen molar-refractivity contribution in [2.45, 2.75) is 26.3 Å². The Morgan fingerprint density at radius 1 is 1.15 bits per heavy atom. The van der Waals surface area contributed by atoms with Gasteiger partial charge in [0, 0.05) is 11.1 Å². The fraction of sp³-hybridized carbons (Fsp3) is 0.294. The molecular weight excluding hydrogens is 270 g/mol. The van der Waals surface area contributed by atoms with Crippen LogP contribution < -0.4 is 10.5 Å². The smallest absolute Gasteiger partial charge is 0.122 e. The molecule has 1 atom stereocenters. The van der Waals surface area contributed by atoms with Crippen molar-refractivity contribution >= 4 is 11.6 Å². The monoisotopic (exact) mass is 289 g/mol. The zero-order valence-electron chi connectivity index (χ0n) is 12.1. The van der Waals surface area contributed by atoms with Crippen LogP contribution in [0.4, 0.5) is 0 Å². The van der Waals surface area contributed by atoms with Gasteiger partial charge in [-0.1, -0.05) is 41.4 Å². The minimum absolute atomic E-state index is 0.0937. The van der Waals surface area contributed by atoms with Gasteiger partial charge in [0.05, 0.1) is 7.11 Å². The van der Waals surface area contributed by atoms with Crippen LogP contribution in [-0.2, 0) is 6.42 Å². The van der Waals surface area contributed by atoms with Crippen LogP contribution in [0.5, 0.6) is 5.75 Å². The summed E-state index contributed by atoms with van der Waals surface area (Å²) in [6.45, 7) is 4.05. The first kappa shape index (κ1) is 14.9. The first-order valence-electron chi connectivity index (χ1n) is 6.66. The van der Waals surface area contributed by atoms with E-state index in [1.807, 2.05) is 37.3 Å². The van der Waals surface area contributed by atoms with Crippen molar-refractivity contribution in [3.8, 4) is 5.75 Å². The molecule has 0 heterocycles. The summed E-state index contributed by atoms with van der Waals surface area (Å²) in [7, 11) is 1.68. The van der Waals surface area contributed by atoms with Crippen LogP contribution in [0.25, 0.3) is 0 Å². The van der Waals surface area contributed by atoms with Crippen LogP contribution in [0, 0.1) is 13.8 Å². The molecular formula is C17H20ClNO. The fourth-order valence-electron chi connectivity index (χ4n) is 2.26. The molecule has 0 aliphatic heterocycles. The fourth-order valence-corrected chi connectivity index (χ4v) is 2.45. The van der Waals surface area contributed by atoms with Crippen LogP contribution in [0.2, 0.25) is 5.02 Å². The Hall–Kier alpha value is -1.51. The number of hydrogen-bond donors (Lipinski definition) is 1. The number of nitrogens with two attached hydrogens (primary N) is 1. The topological polar surface area (TPSA) is 35.2 Å². The highest BCUT2D eigenvalue weighted by atomic mass is 35.5. The van der Waals surface area contributed by atoms with Crippen molar-refractivity contribution in [1.82, 2.24) is 0 Å². The van der Waals surface area contributed by atoms with Gasteiger partial charge in [-0.25, -0.2) is 0 Å². The van der Waals surface area contributed by atoms with Gasteiger partial charge in [0.15, 0.2) is 0 Å². The molecule has 2 rings (SSSR count). The summed E-state index contributed by atoms with van der Waals surface area (Å²) in [6.07, 6.45) is 0.726. The van der Waals surface area contributed by atoms with Crippen molar-refractivity contribution in [3.63, 3.8) is 0 Å². The summed E-state index contributed by atoms with van der Waals surface area (Å²) in [5.74, 6) is 0.879. The number of halogens is 1. The Balaban J connectivity index is 2.24. The zero-order valence-corrected chi connectivity index (χ0v) is 12.9. The molecule has 0 aliphatic carbocycles. The molecule has 0 aromatic heterocycles. The largest absolute Gasteiger partial charge is 0.496 e. The molecule has 0 fully saturated rings. The van der Waals surface area contributed by atoms with E-state index in [4.69, 9.17) is 22.1 Å². The Kier molecular flexibility index (Phi) is 4.69. The van der Waals surface area contributed by atoms with Gasteiger partial charge in [-0.3, -0.25) is 0 Å². The van der Waals surface area contributed by atoms with E-state index in [2.05, 4.69) is 13.0 Å². The van der Waals surface area contributed by atoms with E-state index in [1.165, 1.54) is 5.56 Å². The molecule has 2 N–H and O–H groups in total. The number of benzene rings is 2. The third kappa shape index (κ3) is 3.33. The third-order valence-electron chi connectivity index (χ3n) is 3.50. The van der Waals surface area contributed by atoms with Crippen LogP contribution in [0.3, 0.4) is 0 Å². The van der Waals surface area contributed by atoms with Crippen molar-refractivity contribution in [2.75, 3.05) is 7.11 Å². The van der Waals surface area contributed by atoms with Gasteiger partial charge in [-0.2, -0.15) is 0 Å². The lowest BCUT2D eigenvalue weighted by molar-refractivity contribution is 0.408. The molecule has 3 heteroatoms. The normalized spacial score (nSPS) is 12.2. The van der Waals surface area contributed by atoms with E-state index in [1.54, 1.807) is 7.11 Å². The lowest BCUT2D eigenvalue weighted by atomic mass is 9.97. The molecule has 0 bridgehead atoms. The average molecular weight is 290 g/mol. The number of methoxy groups -OCH3 is 1. The van der Waals surface area contributed by atoms with Gasteiger partial charge in [0.25, 0.3) is 0 Å². The molecule has 20 heavy (non-hydrogen) atoms. The lowest BCUT2D eigenvalue weighted by Gasteiger charge is -2.16. The predicted octanol–water partition coefficient (Wildman–Crippen LogP) is 4.21. The highest BCUT2D eigenvalue weighted by molar-refractivity contribution is 6.31. The molecule has 0 amide bonds. The molecule has 106 valence electrons. The van der Waals surface area contributed by atoms with Crippen LogP contribution in [-0.4, -0.2) is 7.11 Å². The van der Waals surface area contributed by atoms with Gasteiger partial charge in [-0.15, -0.1) is 0 Å². The van der Waals surface area contributed by atoms with Gasteiger partial charge >= 0.3 is 0 Å². The SMILES string of the molecule is COc1ccc(C)cc1CC(N)c1ccc(C)c(Cl)c1. The molecule has 0 aliphatic rings. The van der Waals surface area contributed by atoms with Crippen LogP contribution >= 0.6 is 11.6 Å². The first-order chi connectivity index (χ1) is 9.51. The van der Waals surface area contributed by atoms with E-state index < -0.39 is 0 Å². The van der Waals surface area contributed by atoms with E-state index in [0.717, 1.165) is 33.9 Å². The van der Waals surface area contributed by atoms with Crippen molar-refractivity contribution in [2.24, 2.45) is 5.73 Å². The van der Waals surface area contributed by atoms with Crippen LogP contribution in [0.15, 0.2) is 36.4 Å². The van der Waals surface area contributed by atoms with Crippen molar-refractivity contribution in [3.05, 3.63) is 63.7 Å². The van der Waals surface area contributed by atoms with E-state index in [0.29, 0.717) is 0 Å². The molecule has 2 aromatic carbocycles. The second-order valence-electron chi connectivity index (χ2n) is 5.13. The van der Waals surface area contributed by atoms with E-state index in [-0.39, 0.29) is 6.04 Å². The summed E-state index contributed by atoms with van der Waals surface area (Å²) in [6, 6.07) is 12.0. The second-order valence-corrected chi connectivity index (χ2v) is 5.54. The van der Waals surface area contributed by atoms with Gasteiger partial charge in [0.1, 0.15) is 5.75 Å². The Morgan fingerprint density at radius 2 is 1.90 bits per heavy atom. The molecule has 0 saturated carbocycles. The first-order valence-corrected chi connectivity index (χ1v) is 7.04. The van der Waals surface area contributed by atoms with Crippen LogP contribution in [0.1, 0.15) is 28.3 Å². The van der Waals surface area contributed by atoms with E-state index >= 15 is 0 Å². The van der Waals surface area contributed by atoms with Gasteiger partial charge in [-0.05, 0) is 49.1 Å². The lowest BCUT2D eigenvalue weighted by Crippen LogP contribution is -2.14. The number of ether oxygens (including phenoxy) is 1. The van der Waals surface area contributed by atoms with Crippen molar-refractivity contribution < 1.29 is 4.74 Å². The molecule has 0 saturated heterocycles. The highest BCUT2D eigenvalue weighted by Gasteiger charge is 2.12. The summed E-state index contributed by atoms with van der Waals surface area (Å²) >= 11 is 6.16. The third-order valence-corrected chi connectivity index (χ3v) is 3.91. The van der Waals surface area contributed by atoms with Crippen molar-refractivity contribution in [1.29, 1.82) is 0 Å². The molecule has 1 unspecified atom stereocenters. The summed E-state index contributed by atoms with van der Waals surface area (Å²) in [4.78, 5) is 0. The number of aryl methyl sites for hydroxylation is 2. The second kappa shape index (κ2) is 6.29. The standard InChI is InChI=1S/C17H20ClNO/c1-11-4-7-17(20-3)14(8-11)10-16(19)13-6-5-12(2)15(18)9-13/h4-9,16H,10,19H2,1-3H3. The van der Waals surface area contributed by atoms with E-state index in [9.17, 15) is 0 Å². The minimum Gasteiger partial charge on any atom is -0.496 e. The Labute approximate surface area is 125 Å².